The second kappa shape index (κ2) is 34.1. The van der Waals surface area contributed by atoms with Crippen molar-refractivity contribution >= 4 is 93.5 Å². The van der Waals surface area contributed by atoms with Gasteiger partial charge < -0.3 is 99.5 Å². The number of rotatable bonds is 26. The number of esters is 13. The van der Waals surface area contributed by atoms with Crippen LogP contribution in [0.1, 0.15) is 90.0 Å². The minimum Gasteiger partial charge on any atom is -0.463 e. The van der Waals surface area contributed by atoms with E-state index >= 15 is 0 Å². The Balaban J connectivity index is 1.96. The summed E-state index contributed by atoms with van der Waals surface area (Å²) in [6.45, 7) is 9.26. The Morgan fingerprint density at radius 2 is 0.483 bits per heavy atom. The van der Waals surface area contributed by atoms with E-state index < -0.39 is 227 Å². The molecule has 0 aromatic heterocycles. The molecule has 0 aliphatic carbocycles. The summed E-state index contributed by atoms with van der Waals surface area (Å²) in [5, 5.41) is 0.212. The molecule has 35 heteroatoms. The van der Waals surface area contributed by atoms with Crippen LogP contribution in [0.3, 0.4) is 0 Å². The van der Waals surface area contributed by atoms with Crippen LogP contribution in [0.25, 0.3) is 0 Å². The lowest BCUT2D eigenvalue weighted by molar-refractivity contribution is -0.382. The van der Waals surface area contributed by atoms with Gasteiger partial charge in [0.1, 0.15) is 56.4 Å². The normalized spacial score (nSPS) is 32.0. The molecule has 0 saturated carbocycles. The van der Waals surface area contributed by atoms with E-state index in [1.807, 2.05) is 0 Å². The molecule has 4 aliphatic rings. The molecule has 0 radical (unpaired) electrons. The van der Waals surface area contributed by atoms with E-state index in [2.05, 4.69) is 15.9 Å². The van der Waals surface area contributed by atoms with Gasteiger partial charge in [-0.05, 0) is 0 Å². The van der Waals surface area contributed by atoms with Crippen molar-refractivity contribution in [1.82, 2.24) is 0 Å². The largest absolute Gasteiger partial charge is 0.463 e. The predicted octanol–water partition coefficient (Wildman–Crippen LogP) is -0.909. The molecule has 490 valence electrons. The summed E-state index contributed by atoms with van der Waals surface area (Å²) in [4.78, 5) is 166. The highest BCUT2D eigenvalue weighted by molar-refractivity contribution is 9.09. The zero-order chi connectivity index (χ0) is 65.1. The van der Waals surface area contributed by atoms with E-state index in [0.29, 0.717) is 0 Å². The van der Waals surface area contributed by atoms with Gasteiger partial charge in [-0.25, -0.2) is 0 Å². The summed E-state index contributed by atoms with van der Waals surface area (Å²) < 4.78 is 122. The van der Waals surface area contributed by atoms with Crippen molar-refractivity contribution in [2.45, 2.75) is 213 Å². The number of halogens is 1. The molecule has 34 nitrogen and oxygen atoms in total. The Morgan fingerprint density at radius 1 is 0.264 bits per heavy atom. The second-order valence-electron chi connectivity index (χ2n) is 19.4. The van der Waals surface area contributed by atoms with Gasteiger partial charge in [0.15, 0.2) is 86.2 Å². The zero-order valence-electron chi connectivity index (χ0n) is 49.5. The second-order valence-corrected chi connectivity index (χ2v) is 20.2. The topological polar surface area (TPSA) is 416 Å². The predicted molar refractivity (Wildman–Crippen MR) is 276 cm³/mol. The Bertz CT molecular complexity index is 2470. The molecule has 4 fully saturated rings. The highest BCUT2D eigenvalue weighted by atomic mass is 79.9. The molecular weight excluding hydrogens is 1250 g/mol. The van der Waals surface area contributed by atoms with Crippen LogP contribution in [0.5, 0.6) is 0 Å². The monoisotopic (exact) mass is 1320 g/mol. The van der Waals surface area contributed by atoms with Crippen LogP contribution in [0.15, 0.2) is 0 Å². The van der Waals surface area contributed by atoms with Gasteiger partial charge in [0.05, 0.1) is 13.2 Å². The Morgan fingerprint density at radius 3 is 0.759 bits per heavy atom. The lowest BCUT2D eigenvalue weighted by Gasteiger charge is -2.50. The summed E-state index contributed by atoms with van der Waals surface area (Å²) in [5.41, 5.74) is 0. The number of hydrogen-bond donors (Lipinski definition) is 0. The number of ether oxygens (including phenoxy) is 21. The molecule has 0 aromatic carbocycles. The molecule has 4 aliphatic heterocycles. The Labute approximate surface area is 505 Å². The third kappa shape index (κ3) is 22.4. The van der Waals surface area contributed by atoms with E-state index in [1.165, 1.54) is 0 Å². The first-order valence-electron chi connectivity index (χ1n) is 26.6. The van der Waals surface area contributed by atoms with E-state index in [1.54, 1.807) is 0 Å². The van der Waals surface area contributed by atoms with Crippen molar-refractivity contribution in [1.29, 1.82) is 0 Å². The SMILES string of the molecule is CC(=O)OC[C@H]1O[C@H](OC[C@H]2O[C@H](O[C@H]3[C@H](OC(C)=O)[C@@H](OC(C)=O)[C@@H](O[C@H]4[C@H](OC(C)=O)[C@@H](OC(C)=O)[C@H](OCCBr)O[C@@H]4COC(C)=O)O[C@@H]3COC(C)=O)[C@H](OC(C)=O)[C@@H](OC(C)=O)[C@@H]2OC(C)=O)[C@H](OC(C)=O)[C@@H](OC(C)=O)[C@@H]1OC(C)=O. The number of carbonyl (C=O) groups is 13. The summed E-state index contributed by atoms with van der Waals surface area (Å²) in [7, 11) is 0. The van der Waals surface area contributed by atoms with Gasteiger partial charge in [0, 0.05) is 95.3 Å². The third-order valence-corrected chi connectivity index (χ3v) is 12.4. The molecule has 0 N–H and O–H groups in total. The van der Waals surface area contributed by atoms with E-state index in [-0.39, 0.29) is 11.9 Å². The number of carbonyl (C=O) groups excluding carboxylic acids is 13. The van der Waals surface area contributed by atoms with Crippen molar-refractivity contribution < 1.29 is 162 Å². The molecular formula is C52H71BrO34. The highest BCUT2D eigenvalue weighted by Crippen LogP contribution is 2.39. The van der Waals surface area contributed by atoms with Crippen molar-refractivity contribution in [3.63, 3.8) is 0 Å². The van der Waals surface area contributed by atoms with Crippen LogP contribution in [0.4, 0.5) is 0 Å². The first kappa shape index (κ1) is 72.7. The average molecular weight is 1320 g/mol. The molecule has 0 spiro atoms. The number of hydrogen-bond acceptors (Lipinski definition) is 34. The minimum absolute atomic E-state index is 0.0875. The fourth-order valence-electron chi connectivity index (χ4n) is 9.36. The average Bonchev–Trinajstić information content (AvgIpc) is 0.837. The lowest BCUT2D eigenvalue weighted by Crippen LogP contribution is -2.69. The van der Waals surface area contributed by atoms with Crippen LogP contribution in [-0.2, 0) is 162 Å². The van der Waals surface area contributed by atoms with Gasteiger partial charge in [-0.3, -0.25) is 62.3 Å². The molecule has 4 rings (SSSR count). The fourth-order valence-corrected chi connectivity index (χ4v) is 9.55. The maximum absolute atomic E-state index is 13.3. The van der Waals surface area contributed by atoms with Gasteiger partial charge in [0.25, 0.3) is 0 Å². The maximum atomic E-state index is 13.3. The fraction of sp³-hybridized carbons (Fsp3) is 0.750. The number of alkyl halides is 1. The molecule has 0 unspecified atom stereocenters. The molecule has 87 heavy (non-hydrogen) atoms. The van der Waals surface area contributed by atoms with Crippen LogP contribution in [-0.4, -0.2) is 239 Å². The summed E-state index contributed by atoms with van der Waals surface area (Å²) in [6.07, 6.45) is -37.1. The van der Waals surface area contributed by atoms with Crippen LogP contribution < -0.4 is 0 Å². The van der Waals surface area contributed by atoms with Crippen molar-refractivity contribution in [3.8, 4) is 0 Å². The van der Waals surface area contributed by atoms with Crippen molar-refractivity contribution in [3.05, 3.63) is 0 Å². The smallest absolute Gasteiger partial charge is 0.303 e. The quantitative estimate of drug-likeness (QED) is 0.0575. The molecule has 0 aromatic rings. The molecule has 4 heterocycles. The Hall–Kier alpha value is -6.73. The van der Waals surface area contributed by atoms with E-state index in [4.69, 9.17) is 99.5 Å². The molecule has 0 amide bonds. The maximum Gasteiger partial charge on any atom is 0.303 e. The molecule has 0 bridgehead atoms. The van der Waals surface area contributed by atoms with Gasteiger partial charge in [-0.15, -0.1) is 0 Å². The summed E-state index contributed by atoms with van der Waals surface area (Å²) in [5.74, 6) is -13.1. The van der Waals surface area contributed by atoms with Crippen LogP contribution in [0, 0.1) is 0 Å². The van der Waals surface area contributed by atoms with E-state index in [9.17, 15) is 62.3 Å². The van der Waals surface area contributed by atoms with Crippen molar-refractivity contribution in [2.75, 3.05) is 38.4 Å². The van der Waals surface area contributed by atoms with Gasteiger partial charge in [-0.1, -0.05) is 15.9 Å². The van der Waals surface area contributed by atoms with Gasteiger partial charge in [-0.2, -0.15) is 0 Å². The summed E-state index contributed by atoms with van der Waals surface area (Å²) in [6, 6.07) is 0. The Kier molecular flexibility index (Phi) is 28.5. The highest BCUT2D eigenvalue weighted by Gasteiger charge is 2.61. The van der Waals surface area contributed by atoms with Crippen LogP contribution >= 0.6 is 15.9 Å². The van der Waals surface area contributed by atoms with Gasteiger partial charge in [0.2, 0.25) is 0 Å². The van der Waals surface area contributed by atoms with E-state index in [0.717, 1.165) is 90.0 Å². The van der Waals surface area contributed by atoms with Crippen LogP contribution in [0.2, 0.25) is 0 Å². The molecule has 20 atom stereocenters. The standard InChI is InChI=1S/C52H71BrO34/c1-20(54)68-16-33-37(72-23(4)57)41(74-25(6)59)46(79-30(11)64)50(83-33)71-19-36-38(73-24(5)58)42(75-26(7)60)47(80-31(12)65)51(85-36)87-40-35(18-70-22(3)56)84-52(48(81-32(13)66)44(40)77-28(9)62)86-39-34(17-69-21(2)55)82-49(67-15-14-53)45(78-29(10)63)43(39)76-27(8)61/h33-52H,14-19H2,1-13H3/t33-,34-,35-,36-,37-,38-,39-,40-,41+,42+,43+,44+,45-,46-,47-,48-,49-,50+,51-,52-/m1/s1. The van der Waals surface area contributed by atoms with Crippen molar-refractivity contribution in [2.24, 2.45) is 0 Å². The molecule has 4 saturated heterocycles. The summed E-state index contributed by atoms with van der Waals surface area (Å²) >= 11 is 3.22. The van der Waals surface area contributed by atoms with Gasteiger partial charge >= 0.3 is 77.6 Å². The lowest BCUT2D eigenvalue weighted by atomic mass is 9.95. The minimum atomic E-state index is -2.20. The zero-order valence-corrected chi connectivity index (χ0v) is 51.1. The third-order valence-electron chi connectivity index (χ3n) is 12.1. The first-order chi connectivity index (χ1) is 40.8. The first-order valence-corrected chi connectivity index (χ1v) is 27.8.